The first kappa shape index (κ1) is 35.2. The second-order valence-electron chi connectivity index (χ2n) is 8.86. The summed E-state index contributed by atoms with van der Waals surface area (Å²) in [5, 5.41) is 44.7. The van der Waals surface area contributed by atoms with E-state index in [1.165, 1.54) is 6.33 Å². The van der Waals surface area contributed by atoms with Crippen molar-refractivity contribution in [3.05, 3.63) is 54.2 Å². The molecule has 1 aliphatic rings. The Kier molecular flexibility index (Phi) is 14.9. The topological polar surface area (TPSA) is 321 Å². The molecule has 14 N–H and O–H groups in total. The number of fused-ring (bicyclic) bond motifs is 1. The standard InChI is InChI=1S/C11H12N2O2.C6H9N3O2.C5H7NO3.C3H7NO3/c12-9(11(14)15)5-7-6-13-10-4-2-1-3-8(7)10;7-5(6(10)11)1-4-2-8-3-9-4;7-4-2-1-3(6-4)5(8)9;4-2(1-5)3(6)7/h1-4,6,9,13H,5,12H2,(H,14,15);2-3,5H,1,7H2,(H,8,9)(H,10,11);3H,1-2H2,(H,6,7)(H,8,9);2,5H,1,4H2,(H,6,7)/t;;3-;/m..0./s1. The molecule has 0 spiro atoms. The van der Waals surface area contributed by atoms with Crippen molar-refractivity contribution in [2.75, 3.05) is 6.61 Å². The molecule has 4 rings (SSSR count). The minimum atomic E-state index is -1.18. The van der Waals surface area contributed by atoms with Gasteiger partial charge < -0.3 is 58.0 Å². The quantitative estimate of drug-likeness (QED) is 0.131. The Morgan fingerprint density at radius 3 is 1.93 bits per heavy atom. The van der Waals surface area contributed by atoms with Gasteiger partial charge in [-0.1, -0.05) is 18.2 Å². The fourth-order valence-electron chi connectivity index (χ4n) is 3.22. The largest absolute Gasteiger partial charge is 0.480 e. The van der Waals surface area contributed by atoms with Gasteiger partial charge in [0, 0.05) is 48.3 Å². The third kappa shape index (κ3) is 12.6. The van der Waals surface area contributed by atoms with Crippen molar-refractivity contribution in [2.45, 2.75) is 49.9 Å². The number of nitrogens with zero attached hydrogens (tertiary/aromatic N) is 1. The highest BCUT2D eigenvalue weighted by Gasteiger charge is 2.26. The van der Waals surface area contributed by atoms with E-state index < -0.39 is 54.7 Å². The molecule has 0 radical (unpaired) electrons. The van der Waals surface area contributed by atoms with E-state index in [4.69, 9.17) is 42.7 Å². The lowest BCUT2D eigenvalue weighted by Crippen LogP contribution is -2.33. The van der Waals surface area contributed by atoms with Crippen LogP contribution in [-0.2, 0) is 36.8 Å². The predicted octanol–water partition coefficient (Wildman–Crippen LogP) is -1.77. The number of aliphatic hydroxyl groups excluding tert-OH is 1. The molecule has 1 aliphatic heterocycles. The number of amides is 1. The molecule has 1 aromatic carbocycles. The van der Waals surface area contributed by atoms with Crippen LogP contribution < -0.4 is 22.5 Å². The first-order valence-electron chi connectivity index (χ1n) is 12.4. The van der Waals surface area contributed by atoms with E-state index in [1.54, 1.807) is 6.20 Å². The molecule has 17 nitrogen and oxygen atoms in total. The number of hydrogen-bond donors (Lipinski definition) is 11. The second kappa shape index (κ2) is 17.8. The zero-order chi connectivity index (χ0) is 31.8. The average Bonchev–Trinajstić information content (AvgIpc) is 3.71. The number of imidazole rings is 1. The molecule has 2 aromatic heterocycles. The third-order valence-corrected chi connectivity index (χ3v) is 5.55. The van der Waals surface area contributed by atoms with Crippen molar-refractivity contribution in [1.82, 2.24) is 20.3 Å². The van der Waals surface area contributed by atoms with Crippen molar-refractivity contribution < 1.29 is 49.5 Å². The maximum Gasteiger partial charge on any atom is 0.326 e. The fraction of sp³-hybridized carbons (Fsp3) is 0.360. The molecule has 3 unspecified atom stereocenters. The lowest BCUT2D eigenvalue weighted by molar-refractivity contribution is -0.140. The molecule has 42 heavy (non-hydrogen) atoms. The number of aliphatic carboxylic acids is 4. The van der Waals surface area contributed by atoms with Crippen molar-refractivity contribution in [2.24, 2.45) is 17.2 Å². The van der Waals surface area contributed by atoms with Gasteiger partial charge in [0.25, 0.3) is 0 Å². The van der Waals surface area contributed by atoms with Crippen LogP contribution in [0.2, 0.25) is 0 Å². The monoisotopic (exact) mass is 593 g/mol. The van der Waals surface area contributed by atoms with Crippen LogP contribution in [0.15, 0.2) is 43.0 Å². The van der Waals surface area contributed by atoms with Crippen molar-refractivity contribution in [1.29, 1.82) is 0 Å². The summed E-state index contributed by atoms with van der Waals surface area (Å²) in [6.07, 6.45) is 6.26. The second-order valence-corrected chi connectivity index (χ2v) is 8.86. The van der Waals surface area contributed by atoms with E-state index in [2.05, 4.69) is 20.3 Å². The number of rotatable bonds is 9. The van der Waals surface area contributed by atoms with Gasteiger partial charge in [-0.05, 0) is 18.1 Å². The average molecular weight is 594 g/mol. The first-order valence-corrected chi connectivity index (χ1v) is 12.4. The number of benzene rings is 1. The smallest absolute Gasteiger partial charge is 0.326 e. The first-order chi connectivity index (χ1) is 19.8. The number of carboxylic acids is 4. The Morgan fingerprint density at radius 2 is 1.50 bits per heavy atom. The van der Waals surface area contributed by atoms with Crippen molar-refractivity contribution in [3.63, 3.8) is 0 Å². The predicted molar refractivity (Wildman–Crippen MR) is 147 cm³/mol. The van der Waals surface area contributed by atoms with E-state index in [1.807, 2.05) is 30.5 Å². The maximum atomic E-state index is 10.6. The molecular weight excluding hydrogens is 558 g/mol. The number of aromatic amines is 2. The van der Waals surface area contributed by atoms with Crippen LogP contribution in [0.1, 0.15) is 24.1 Å². The molecule has 230 valence electrons. The highest BCUT2D eigenvalue weighted by atomic mass is 16.4. The zero-order valence-electron chi connectivity index (χ0n) is 22.3. The normalized spacial score (nSPS) is 15.7. The van der Waals surface area contributed by atoms with Gasteiger partial charge in [0.15, 0.2) is 0 Å². The van der Waals surface area contributed by atoms with Crippen molar-refractivity contribution in [3.8, 4) is 0 Å². The number of H-pyrrole nitrogens is 2. The number of nitrogens with two attached hydrogens (primary N) is 3. The Hall–Kier alpha value is -4.84. The van der Waals surface area contributed by atoms with Gasteiger partial charge in [-0.15, -0.1) is 0 Å². The number of para-hydroxylation sites is 1. The summed E-state index contributed by atoms with van der Waals surface area (Å²) in [7, 11) is 0. The van der Waals surface area contributed by atoms with E-state index >= 15 is 0 Å². The molecule has 17 heteroatoms. The Balaban J connectivity index is 0.000000292. The zero-order valence-corrected chi connectivity index (χ0v) is 22.3. The number of carbonyl (C=O) groups is 5. The van der Waals surface area contributed by atoms with Crippen molar-refractivity contribution >= 4 is 40.7 Å². The SMILES string of the molecule is NC(CO)C(=O)O.NC(Cc1c[nH]c2ccccc12)C(=O)O.NC(Cc1cnc[nH]1)C(=O)O.O=C1CC[C@@H](C(=O)O)N1. The van der Waals surface area contributed by atoms with Gasteiger partial charge in [0.05, 0.1) is 12.9 Å². The van der Waals surface area contributed by atoms with Gasteiger partial charge in [0.2, 0.25) is 5.91 Å². The molecule has 0 aliphatic carbocycles. The van der Waals surface area contributed by atoms with Crippen LogP contribution in [0.25, 0.3) is 10.9 Å². The van der Waals surface area contributed by atoms with Gasteiger partial charge in [-0.3, -0.25) is 19.2 Å². The van der Waals surface area contributed by atoms with Gasteiger partial charge in [-0.25, -0.2) is 9.78 Å². The summed E-state index contributed by atoms with van der Waals surface area (Å²) in [6.45, 7) is -0.505. The fourth-order valence-corrected chi connectivity index (χ4v) is 3.22. The molecular formula is C25H35N7O10. The molecule has 1 amide bonds. The molecule has 0 bridgehead atoms. The number of nitrogens with one attached hydrogen (secondary N) is 3. The number of aliphatic hydroxyl groups is 1. The third-order valence-electron chi connectivity index (χ3n) is 5.55. The van der Waals surface area contributed by atoms with Gasteiger partial charge in [0.1, 0.15) is 24.2 Å². The summed E-state index contributed by atoms with van der Waals surface area (Å²) in [4.78, 5) is 60.6. The lowest BCUT2D eigenvalue weighted by Gasteiger charge is -2.04. The molecule has 3 aromatic rings. The van der Waals surface area contributed by atoms with Crippen LogP contribution in [0.3, 0.4) is 0 Å². The van der Waals surface area contributed by atoms with E-state index in [-0.39, 0.29) is 12.3 Å². The summed E-state index contributed by atoms with van der Waals surface area (Å²) >= 11 is 0. The van der Waals surface area contributed by atoms with E-state index in [0.717, 1.165) is 22.2 Å². The highest BCUT2D eigenvalue weighted by molar-refractivity contribution is 5.87. The van der Waals surface area contributed by atoms with Crippen LogP contribution in [0.4, 0.5) is 0 Å². The van der Waals surface area contributed by atoms with Gasteiger partial charge in [-0.2, -0.15) is 0 Å². The number of hydrogen-bond acceptors (Lipinski definition) is 10. The number of carbonyl (C=O) groups excluding carboxylic acids is 1. The molecule has 0 saturated carbocycles. The van der Waals surface area contributed by atoms with Crippen LogP contribution >= 0.6 is 0 Å². The van der Waals surface area contributed by atoms with E-state index in [9.17, 15) is 24.0 Å². The molecule has 1 fully saturated rings. The Bertz CT molecular complexity index is 1310. The molecule has 1 saturated heterocycles. The highest BCUT2D eigenvalue weighted by Crippen LogP contribution is 2.18. The van der Waals surface area contributed by atoms with Crippen LogP contribution in [-0.4, -0.2) is 101 Å². The summed E-state index contributed by atoms with van der Waals surface area (Å²) in [5.74, 6) is -4.26. The molecule has 4 atom stereocenters. The number of aromatic nitrogens is 3. The van der Waals surface area contributed by atoms with E-state index in [0.29, 0.717) is 19.3 Å². The number of carboxylic acid groups (broad SMARTS) is 4. The Labute approximate surface area is 238 Å². The minimum Gasteiger partial charge on any atom is -0.480 e. The minimum absolute atomic E-state index is 0.164. The summed E-state index contributed by atoms with van der Waals surface area (Å²) in [5.41, 5.74) is 18.2. The Morgan fingerprint density at radius 1 is 0.905 bits per heavy atom. The maximum absolute atomic E-state index is 10.6. The van der Waals surface area contributed by atoms with Gasteiger partial charge >= 0.3 is 23.9 Å². The summed E-state index contributed by atoms with van der Waals surface area (Å²) in [6, 6.07) is 4.30. The summed E-state index contributed by atoms with van der Waals surface area (Å²) < 4.78 is 0. The van der Waals surface area contributed by atoms with Crippen LogP contribution in [0.5, 0.6) is 0 Å². The lowest BCUT2D eigenvalue weighted by atomic mass is 10.1. The van der Waals surface area contributed by atoms with Crippen LogP contribution in [0, 0.1) is 0 Å². The molecule has 3 heterocycles.